The molecule has 0 spiro atoms. The molecule has 0 saturated heterocycles. The Morgan fingerprint density at radius 3 is 2.29 bits per heavy atom. The molecule has 2 atom stereocenters. The van der Waals surface area contributed by atoms with Crippen molar-refractivity contribution in [3.05, 3.63) is 35.9 Å². The van der Waals surface area contributed by atoms with E-state index in [1.165, 1.54) is 0 Å². The molecule has 0 bridgehead atoms. The molecule has 116 valence electrons. The number of amides is 1. The lowest BCUT2D eigenvalue weighted by molar-refractivity contribution is -0.148. The monoisotopic (exact) mass is 295 g/mol. The second-order valence-corrected chi connectivity index (χ2v) is 5.73. The van der Waals surface area contributed by atoms with Crippen LogP contribution in [0.15, 0.2) is 30.3 Å². The van der Waals surface area contributed by atoms with Crippen molar-refractivity contribution in [2.75, 3.05) is 0 Å². The number of aliphatic hydroxyl groups excluding tert-OH is 1. The number of carboxylic acid groups (broad SMARTS) is 1. The standard InChI is InChI=1S/C15H21NO5/c1-15(2,3)21-14(20)16-11(12(17)13(18)19)9-10-7-5-4-6-8-10/h4-8,11-12,17H,9H2,1-3H3,(H,16,20)(H,18,19)/t11-,12?/m1/s1. The molecule has 1 aromatic rings. The minimum atomic E-state index is -1.71. The molecule has 0 aromatic heterocycles. The quantitative estimate of drug-likeness (QED) is 0.766. The largest absolute Gasteiger partial charge is 0.479 e. The van der Waals surface area contributed by atoms with Crippen LogP contribution in [0.1, 0.15) is 26.3 Å². The lowest BCUT2D eigenvalue weighted by atomic mass is 10.0. The van der Waals surface area contributed by atoms with Gasteiger partial charge in [0.25, 0.3) is 0 Å². The summed E-state index contributed by atoms with van der Waals surface area (Å²) in [5.41, 5.74) is 0.106. The Morgan fingerprint density at radius 2 is 1.81 bits per heavy atom. The van der Waals surface area contributed by atoms with E-state index in [1.54, 1.807) is 45.0 Å². The van der Waals surface area contributed by atoms with Gasteiger partial charge in [-0.15, -0.1) is 0 Å². The van der Waals surface area contributed by atoms with Gasteiger partial charge in [0.2, 0.25) is 0 Å². The average Bonchev–Trinajstić information content (AvgIpc) is 2.36. The predicted molar refractivity (Wildman–Crippen MR) is 76.9 cm³/mol. The molecular weight excluding hydrogens is 274 g/mol. The molecule has 0 aliphatic heterocycles. The Balaban J connectivity index is 2.78. The summed E-state index contributed by atoms with van der Waals surface area (Å²) in [6.45, 7) is 5.10. The molecule has 6 nitrogen and oxygen atoms in total. The number of aliphatic carboxylic acids is 1. The molecule has 0 radical (unpaired) electrons. The molecule has 1 unspecified atom stereocenters. The van der Waals surface area contributed by atoms with Crippen LogP contribution in [0.3, 0.4) is 0 Å². The summed E-state index contributed by atoms with van der Waals surface area (Å²) >= 11 is 0. The topological polar surface area (TPSA) is 95.9 Å². The SMILES string of the molecule is CC(C)(C)OC(=O)N[C@H](Cc1ccccc1)C(O)C(=O)O. The van der Waals surface area contributed by atoms with Gasteiger partial charge in [-0.2, -0.15) is 0 Å². The zero-order chi connectivity index (χ0) is 16.0. The number of hydrogen-bond acceptors (Lipinski definition) is 4. The van der Waals surface area contributed by atoms with Crippen LogP contribution in [0.4, 0.5) is 4.79 Å². The maximum atomic E-state index is 11.7. The van der Waals surface area contributed by atoms with Crippen LogP contribution in [-0.4, -0.2) is 40.0 Å². The molecule has 0 heterocycles. The Hall–Kier alpha value is -2.08. The van der Waals surface area contributed by atoms with Crippen molar-refractivity contribution in [1.82, 2.24) is 5.32 Å². The molecule has 6 heteroatoms. The summed E-state index contributed by atoms with van der Waals surface area (Å²) < 4.78 is 5.08. The van der Waals surface area contributed by atoms with Crippen LogP contribution >= 0.6 is 0 Å². The smallest absolute Gasteiger partial charge is 0.407 e. The fourth-order valence-corrected chi connectivity index (χ4v) is 1.74. The molecular formula is C15H21NO5. The average molecular weight is 295 g/mol. The number of hydrogen-bond donors (Lipinski definition) is 3. The second kappa shape index (κ2) is 7.08. The molecule has 1 rings (SSSR count). The number of alkyl carbamates (subject to hydrolysis) is 1. The predicted octanol–water partition coefficient (Wildman–Crippen LogP) is 1.57. The lowest BCUT2D eigenvalue weighted by Gasteiger charge is -2.25. The molecule has 3 N–H and O–H groups in total. The Labute approximate surface area is 123 Å². The third kappa shape index (κ3) is 6.27. The summed E-state index contributed by atoms with van der Waals surface area (Å²) in [7, 11) is 0. The zero-order valence-corrected chi connectivity index (χ0v) is 12.4. The first kappa shape index (κ1) is 17.0. The van der Waals surface area contributed by atoms with Crippen molar-refractivity contribution < 1.29 is 24.5 Å². The first-order valence-electron chi connectivity index (χ1n) is 6.63. The Bertz CT molecular complexity index is 481. The van der Waals surface area contributed by atoms with Crippen LogP contribution < -0.4 is 5.32 Å². The van der Waals surface area contributed by atoms with Crippen LogP contribution in [0, 0.1) is 0 Å². The first-order chi connectivity index (χ1) is 9.69. The van der Waals surface area contributed by atoms with Gasteiger partial charge < -0.3 is 20.3 Å². The van der Waals surface area contributed by atoms with Crippen molar-refractivity contribution in [2.45, 2.75) is 44.9 Å². The number of aliphatic hydroxyl groups is 1. The van der Waals surface area contributed by atoms with Crippen molar-refractivity contribution >= 4 is 12.1 Å². The van der Waals surface area contributed by atoms with Crippen molar-refractivity contribution in [2.24, 2.45) is 0 Å². The highest BCUT2D eigenvalue weighted by atomic mass is 16.6. The van der Waals surface area contributed by atoms with Gasteiger partial charge in [0.15, 0.2) is 6.10 Å². The van der Waals surface area contributed by atoms with Crippen molar-refractivity contribution in [1.29, 1.82) is 0 Å². The fraction of sp³-hybridized carbons (Fsp3) is 0.467. The number of nitrogens with one attached hydrogen (secondary N) is 1. The van der Waals surface area contributed by atoms with E-state index in [-0.39, 0.29) is 6.42 Å². The number of ether oxygens (including phenoxy) is 1. The molecule has 0 aliphatic rings. The van der Waals surface area contributed by atoms with E-state index >= 15 is 0 Å². The number of rotatable bonds is 5. The van der Waals surface area contributed by atoms with Crippen LogP contribution in [-0.2, 0) is 16.0 Å². The van der Waals surface area contributed by atoms with E-state index in [9.17, 15) is 14.7 Å². The number of carbonyl (C=O) groups excluding carboxylic acids is 1. The third-order valence-corrected chi connectivity index (χ3v) is 2.63. The number of benzene rings is 1. The van der Waals surface area contributed by atoms with Gasteiger partial charge in [0.1, 0.15) is 5.60 Å². The van der Waals surface area contributed by atoms with Gasteiger partial charge in [-0.25, -0.2) is 9.59 Å². The van der Waals surface area contributed by atoms with Crippen molar-refractivity contribution in [3.63, 3.8) is 0 Å². The van der Waals surface area contributed by atoms with E-state index in [4.69, 9.17) is 9.84 Å². The van der Waals surface area contributed by atoms with Crippen LogP contribution in [0.2, 0.25) is 0 Å². The summed E-state index contributed by atoms with van der Waals surface area (Å²) in [4.78, 5) is 22.7. The summed E-state index contributed by atoms with van der Waals surface area (Å²) in [5, 5.41) is 21.1. The molecule has 1 aromatic carbocycles. The van der Waals surface area contributed by atoms with E-state index in [2.05, 4.69) is 5.32 Å². The normalized spacial score (nSPS) is 14.1. The Morgan fingerprint density at radius 1 is 1.24 bits per heavy atom. The maximum absolute atomic E-state index is 11.7. The minimum Gasteiger partial charge on any atom is -0.479 e. The fourth-order valence-electron chi connectivity index (χ4n) is 1.74. The van der Waals surface area contributed by atoms with E-state index in [0.717, 1.165) is 5.56 Å². The van der Waals surface area contributed by atoms with E-state index in [0.29, 0.717) is 0 Å². The van der Waals surface area contributed by atoms with Gasteiger partial charge in [0.05, 0.1) is 6.04 Å². The zero-order valence-electron chi connectivity index (χ0n) is 12.4. The molecule has 0 aliphatic carbocycles. The van der Waals surface area contributed by atoms with Crippen LogP contribution in [0.25, 0.3) is 0 Å². The molecule has 0 fully saturated rings. The van der Waals surface area contributed by atoms with Gasteiger partial charge in [-0.1, -0.05) is 30.3 Å². The highest BCUT2D eigenvalue weighted by molar-refractivity contribution is 5.75. The third-order valence-electron chi connectivity index (χ3n) is 2.63. The van der Waals surface area contributed by atoms with Gasteiger partial charge in [0, 0.05) is 0 Å². The van der Waals surface area contributed by atoms with E-state index in [1.807, 2.05) is 6.07 Å². The first-order valence-corrected chi connectivity index (χ1v) is 6.63. The highest BCUT2D eigenvalue weighted by Crippen LogP contribution is 2.10. The molecule has 21 heavy (non-hydrogen) atoms. The summed E-state index contributed by atoms with van der Waals surface area (Å²) in [5.74, 6) is -1.40. The van der Waals surface area contributed by atoms with Crippen LogP contribution in [0.5, 0.6) is 0 Å². The molecule has 1 amide bonds. The van der Waals surface area contributed by atoms with Gasteiger partial charge in [-0.05, 0) is 32.8 Å². The molecule has 0 saturated carbocycles. The van der Waals surface area contributed by atoms with Crippen molar-refractivity contribution in [3.8, 4) is 0 Å². The lowest BCUT2D eigenvalue weighted by Crippen LogP contribution is -2.49. The maximum Gasteiger partial charge on any atom is 0.407 e. The van der Waals surface area contributed by atoms with Gasteiger partial charge >= 0.3 is 12.1 Å². The summed E-state index contributed by atoms with van der Waals surface area (Å²) in [6, 6.07) is 8.03. The minimum absolute atomic E-state index is 0.188. The number of carboxylic acids is 1. The highest BCUT2D eigenvalue weighted by Gasteiger charge is 2.29. The Kier molecular flexibility index (Phi) is 5.72. The number of carbonyl (C=O) groups is 2. The summed E-state index contributed by atoms with van der Waals surface area (Å²) in [6.07, 6.45) is -2.28. The van der Waals surface area contributed by atoms with E-state index < -0.39 is 29.8 Å². The van der Waals surface area contributed by atoms with Gasteiger partial charge in [-0.3, -0.25) is 0 Å². The second-order valence-electron chi connectivity index (χ2n) is 5.73.